The van der Waals surface area contributed by atoms with E-state index in [0.717, 1.165) is 16.5 Å². The molecule has 3 N–H and O–H groups in total. The molecule has 4 nitrogen and oxygen atoms in total. The van der Waals surface area contributed by atoms with Crippen molar-refractivity contribution in [2.75, 3.05) is 0 Å². The average molecular weight is 232 g/mol. The Morgan fingerprint density at radius 3 is 2.76 bits per heavy atom. The van der Waals surface area contributed by atoms with Crippen LogP contribution in [0.3, 0.4) is 0 Å². The molecule has 0 bridgehead atoms. The third-order valence-electron chi connectivity index (χ3n) is 2.66. The lowest BCUT2D eigenvalue weighted by Gasteiger charge is -2.17. The first kappa shape index (κ1) is 11.7. The van der Waals surface area contributed by atoms with Crippen molar-refractivity contribution in [1.29, 1.82) is 0 Å². The molecule has 0 radical (unpaired) electrons. The van der Waals surface area contributed by atoms with Gasteiger partial charge in [0.2, 0.25) is 0 Å². The molecular formula is C13H16N2O2. The minimum absolute atomic E-state index is 0.123. The smallest absolute Gasteiger partial charge is 0.325 e. The zero-order chi connectivity index (χ0) is 12.4. The first-order valence-electron chi connectivity index (χ1n) is 5.64. The Labute approximate surface area is 99.7 Å². The van der Waals surface area contributed by atoms with Crippen LogP contribution in [-0.4, -0.2) is 22.1 Å². The summed E-state index contributed by atoms with van der Waals surface area (Å²) in [5.74, 6) is -0.853. The van der Waals surface area contributed by atoms with Crippen LogP contribution in [0.25, 0.3) is 10.9 Å². The number of aromatic amines is 1. The van der Waals surface area contributed by atoms with Crippen molar-refractivity contribution < 1.29 is 9.90 Å². The molecule has 0 aliphatic carbocycles. The number of aliphatic carboxylic acids is 1. The summed E-state index contributed by atoms with van der Waals surface area (Å²) in [5, 5.41) is 13.3. The zero-order valence-electron chi connectivity index (χ0n) is 9.90. The Balaban J connectivity index is 2.37. The quantitative estimate of drug-likeness (QED) is 0.757. The number of nitrogens with one attached hydrogen (secondary N) is 2. The molecule has 0 saturated carbocycles. The molecule has 90 valence electrons. The molecule has 0 amide bonds. The summed E-state index contributed by atoms with van der Waals surface area (Å²) in [6.07, 6.45) is 1.85. The summed E-state index contributed by atoms with van der Waals surface area (Å²) in [7, 11) is 0. The van der Waals surface area contributed by atoms with E-state index in [-0.39, 0.29) is 6.04 Å². The van der Waals surface area contributed by atoms with E-state index >= 15 is 0 Å². The second-order valence-corrected chi connectivity index (χ2v) is 4.42. The van der Waals surface area contributed by atoms with Gasteiger partial charge in [-0.3, -0.25) is 10.1 Å². The lowest BCUT2D eigenvalue weighted by Crippen LogP contribution is -2.33. The van der Waals surface area contributed by atoms with Gasteiger partial charge in [-0.15, -0.1) is 0 Å². The van der Waals surface area contributed by atoms with Gasteiger partial charge < -0.3 is 10.1 Å². The fraction of sp³-hybridized carbons (Fsp3) is 0.308. The van der Waals surface area contributed by atoms with Crippen molar-refractivity contribution in [2.24, 2.45) is 0 Å². The number of fused-ring (bicyclic) bond motifs is 1. The zero-order valence-corrected chi connectivity index (χ0v) is 9.90. The van der Waals surface area contributed by atoms with E-state index in [1.54, 1.807) is 0 Å². The third kappa shape index (κ3) is 2.47. The van der Waals surface area contributed by atoms with Crippen molar-refractivity contribution in [3.05, 3.63) is 36.0 Å². The molecule has 2 rings (SSSR count). The third-order valence-corrected chi connectivity index (χ3v) is 2.66. The predicted octanol–water partition coefficient (Wildman–Crippen LogP) is 2.29. The maximum Gasteiger partial charge on any atom is 0.325 e. The number of carboxylic acid groups (broad SMARTS) is 1. The van der Waals surface area contributed by atoms with E-state index < -0.39 is 12.0 Å². The minimum atomic E-state index is -0.853. The van der Waals surface area contributed by atoms with Crippen LogP contribution >= 0.6 is 0 Å². The molecule has 17 heavy (non-hydrogen) atoms. The van der Waals surface area contributed by atoms with Gasteiger partial charge in [-0.25, -0.2) is 0 Å². The lowest BCUT2D eigenvalue weighted by atomic mass is 10.0. The van der Waals surface area contributed by atoms with Gasteiger partial charge in [0.25, 0.3) is 0 Å². The Bertz CT molecular complexity index is 531. The van der Waals surface area contributed by atoms with Crippen LogP contribution < -0.4 is 5.32 Å². The normalized spacial score (nSPS) is 13.1. The van der Waals surface area contributed by atoms with Crippen LogP contribution in [0.1, 0.15) is 25.5 Å². The molecule has 0 fully saturated rings. The lowest BCUT2D eigenvalue weighted by molar-refractivity contribution is -0.139. The van der Waals surface area contributed by atoms with Gasteiger partial charge in [0.1, 0.15) is 6.04 Å². The van der Waals surface area contributed by atoms with Crippen molar-refractivity contribution in [3.63, 3.8) is 0 Å². The molecule has 2 aromatic rings. The number of carbonyl (C=O) groups is 1. The Morgan fingerprint density at radius 1 is 1.35 bits per heavy atom. The SMILES string of the molecule is CC(C)NC(C(=O)O)c1ccc2[nH]ccc2c1. The van der Waals surface area contributed by atoms with E-state index in [1.165, 1.54) is 0 Å². The standard InChI is InChI=1S/C13H16N2O2/c1-8(2)15-12(13(16)17)10-3-4-11-9(7-10)5-6-14-11/h3-8,12,14-15H,1-2H3,(H,16,17). The van der Waals surface area contributed by atoms with Crippen LogP contribution in [0.2, 0.25) is 0 Å². The van der Waals surface area contributed by atoms with Crippen molar-refractivity contribution >= 4 is 16.9 Å². The monoisotopic (exact) mass is 232 g/mol. The van der Waals surface area contributed by atoms with Gasteiger partial charge >= 0.3 is 5.97 Å². The molecule has 4 heteroatoms. The molecule has 0 saturated heterocycles. The summed E-state index contributed by atoms with van der Waals surface area (Å²) in [4.78, 5) is 14.3. The number of benzene rings is 1. The highest BCUT2D eigenvalue weighted by molar-refractivity contribution is 5.83. The Morgan fingerprint density at radius 2 is 2.12 bits per heavy atom. The number of rotatable bonds is 4. The number of hydrogen-bond acceptors (Lipinski definition) is 2. The summed E-state index contributed by atoms with van der Waals surface area (Å²) in [6.45, 7) is 3.87. The molecule has 1 unspecified atom stereocenters. The van der Waals surface area contributed by atoms with Gasteiger partial charge in [0, 0.05) is 17.8 Å². The fourth-order valence-corrected chi connectivity index (χ4v) is 1.89. The minimum Gasteiger partial charge on any atom is -0.480 e. The van der Waals surface area contributed by atoms with Crippen molar-refractivity contribution in [1.82, 2.24) is 10.3 Å². The van der Waals surface area contributed by atoms with E-state index in [0.29, 0.717) is 0 Å². The largest absolute Gasteiger partial charge is 0.480 e. The fourth-order valence-electron chi connectivity index (χ4n) is 1.89. The summed E-state index contributed by atoms with van der Waals surface area (Å²) >= 11 is 0. The van der Waals surface area contributed by atoms with Gasteiger partial charge in [0.15, 0.2) is 0 Å². The first-order valence-corrected chi connectivity index (χ1v) is 5.64. The molecule has 1 aromatic heterocycles. The van der Waals surface area contributed by atoms with Crippen LogP contribution in [0, 0.1) is 0 Å². The van der Waals surface area contributed by atoms with E-state index in [9.17, 15) is 9.90 Å². The van der Waals surface area contributed by atoms with Crippen LogP contribution in [0.5, 0.6) is 0 Å². The number of aromatic nitrogens is 1. The molecule has 1 atom stereocenters. The number of carboxylic acids is 1. The first-order chi connectivity index (χ1) is 8.08. The Kier molecular flexibility index (Phi) is 3.15. The predicted molar refractivity (Wildman–Crippen MR) is 66.9 cm³/mol. The van der Waals surface area contributed by atoms with E-state index in [4.69, 9.17) is 0 Å². The molecule has 0 aliphatic rings. The highest BCUT2D eigenvalue weighted by Crippen LogP contribution is 2.20. The second kappa shape index (κ2) is 4.59. The number of H-pyrrole nitrogens is 1. The maximum atomic E-state index is 11.2. The van der Waals surface area contributed by atoms with E-state index in [2.05, 4.69) is 10.3 Å². The van der Waals surface area contributed by atoms with Gasteiger partial charge in [-0.1, -0.05) is 6.07 Å². The van der Waals surface area contributed by atoms with Gasteiger partial charge in [0.05, 0.1) is 0 Å². The van der Waals surface area contributed by atoms with Crippen LogP contribution in [0.15, 0.2) is 30.5 Å². The molecule has 1 aromatic carbocycles. The summed E-state index contributed by atoms with van der Waals surface area (Å²) in [6, 6.07) is 7.05. The molecule has 1 heterocycles. The van der Waals surface area contributed by atoms with Crippen molar-refractivity contribution in [3.8, 4) is 0 Å². The van der Waals surface area contributed by atoms with Crippen LogP contribution in [0.4, 0.5) is 0 Å². The molecule has 0 aliphatic heterocycles. The maximum absolute atomic E-state index is 11.2. The number of hydrogen-bond donors (Lipinski definition) is 3. The van der Waals surface area contributed by atoms with Crippen LogP contribution in [-0.2, 0) is 4.79 Å². The topological polar surface area (TPSA) is 65.1 Å². The second-order valence-electron chi connectivity index (χ2n) is 4.42. The summed E-state index contributed by atoms with van der Waals surface area (Å²) in [5.41, 5.74) is 1.79. The highest BCUT2D eigenvalue weighted by Gasteiger charge is 2.20. The van der Waals surface area contributed by atoms with Gasteiger partial charge in [-0.05, 0) is 43.0 Å². The van der Waals surface area contributed by atoms with Crippen molar-refractivity contribution in [2.45, 2.75) is 25.9 Å². The molecular weight excluding hydrogens is 216 g/mol. The average Bonchev–Trinajstić information content (AvgIpc) is 2.72. The van der Waals surface area contributed by atoms with E-state index in [1.807, 2.05) is 44.3 Å². The highest BCUT2D eigenvalue weighted by atomic mass is 16.4. The summed E-state index contributed by atoms with van der Waals surface area (Å²) < 4.78 is 0. The molecule has 0 spiro atoms. The Hall–Kier alpha value is -1.81. The van der Waals surface area contributed by atoms with Gasteiger partial charge in [-0.2, -0.15) is 0 Å².